The molecule has 2 aromatic carbocycles. The number of ether oxygens (including phenoxy) is 5. The van der Waals surface area contributed by atoms with E-state index in [-0.39, 0.29) is 57.0 Å². The third kappa shape index (κ3) is 8.79. The van der Waals surface area contributed by atoms with Crippen molar-refractivity contribution in [2.45, 2.75) is 106 Å². The van der Waals surface area contributed by atoms with Gasteiger partial charge in [-0.25, -0.2) is 0 Å². The van der Waals surface area contributed by atoms with Gasteiger partial charge in [0.25, 0.3) is 11.7 Å². The van der Waals surface area contributed by atoms with E-state index < -0.39 is 77.3 Å². The van der Waals surface area contributed by atoms with Gasteiger partial charge < -0.3 is 49.4 Å². The number of Topliss-reactive ketones (excluding diaryl/α,β-unsaturated/α-hetero) is 1. The van der Waals surface area contributed by atoms with Crippen LogP contribution in [-0.2, 0) is 30.3 Å². The number of aliphatic hydroxyl groups excluding tert-OH is 2. The quantitative estimate of drug-likeness (QED) is 0.127. The number of phenols is 2. The van der Waals surface area contributed by atoms with Crippen LogP contribution in [0.3, 0.4) is 0 Å². The number of methoxy groups -OCH3 is 2. The number of nitrogens with zero attached hydrogens (tertiary/aromatic N) is 1. The summed E-state index contributed by atoms with van der Waals surface area (Å²) >= 11 is 0. The Balaban J connectivity index is 2.00. The number of fused-ring (bicyclic) bond motifs is 14. The number of esters is 1. The van der Waals surface area contributed by atoms with Crippen molar-refractivity contribution in [2.24, 2.45) is 23.7 Å². The predicted molar refractivity (Wildman–Crippen MR) is 215 cm³/mol. The van der Waals surface area contributed by atoms with Crippen LogP contribution in [0.5, 0.6) is 23.0 Å². The highest BCUT2D eigenvalue weighted by atomic mass is 16.7. The zero-order chi connectivity index (χ0) is 42.7. The second-order valence-electron chi connectivity index (χ2n) is 15.3. The Morgan fingerprint density at radius 1 is 0.947 bits per heavy atom. The largest absolute Gasteiger partial charge is 0.507 e. The van der Waals surface area contributed by atoms with E-state index in [9.17, 15) is 34.8 Å². The Bertz CT molecular complexity index is 1930. The molecule has 2 aromatic rings. The third-order valence-corrected chi connectivity index (χ3v) is 11.6. The molecule has 0 saturated carbocycles. The van der Waals surface area contributed by atoms with Crippen LogP contribution in [-0.4, -0.2) is 100 Å². The van der Waals surface area contributed by atoms with Crippen LogP contribution < -0.4 is 14.8 Å². The minimum absolute atomic E-state index is 0.00408. The van der Waals surface area contributed by atoms with Crippen LogP contribution in [0.15, 0.2) is 36.1 Å². The number of ketones is 1. The highest BCUT2D eigenvalue weighted by molar-refractivity contribution is 6.22. The summed E-state index contributed by atoms with van der Waals surface area (Å²) in [6.45, 7) is 18.0. The van der Waals surface area contributed by atoms with E-state index in [1.165, 1.54) is 40.4 Å². The Kier molecular flexibility index (Phi) is 14.5. The molecule has 0 radical (unpaired) electrons. The van der Waals surface area contributed by atoms with Gasteiger partial charge in [0.05, 0.1) is 48.3 Å². The normalized spacial score (nSPS) is 29.8. The molecule has 314 valence electrons. The molecule has 9 unspecified atom stereocenters. The van der Waals surface area contributed by atoms with Gasteiger partial charge in [0.2, 0.25) is 0 Å². The molecule has 0 aliphatic carbocycles. The summed E-state index contributed by atoms with van der Waals surface area (Å²) < 4.78 is 29.6. The smallest absolute Gasteiger partial charge is 0.312 e. The lowest BCUT2D eigenvalue weighted by Gasteiger charge is -2.38. The van der Waals surface area contributed by atoms with Crippen LogP contribution in [0.25, 0.3) is 10.8 Å². The van der Waals surface area contributed by atoms with Gasteiger partial charge in [-0.1, -0.05) is 59.8 Å². The van der Waals surface area contributed by atoms with Gasteiger partial charge in [0.15, 0.2) is 5.75 Å². The Hall–Kier alpha value is -4.63. The summed E-state index contributed by atoms with van der Waals surface area (Å²) in [5.74, 6) is -6.72. The molecule has 3 aliphatic rings. The molecule has 14 heteroatoms. The number of nitrogens with one attached hydrogen (secondary N) is 1. The molecule has 3 aliphatic heterocycles. The number of allylic oxidation sites excluding steroid dienone is 2. The summed E-state index contributed by atoms with van der Waals surface area (Å²) in [7, 11) is 2.84. The summed E-state index contributed by atoms with van der Waals surface area (Å²) in [4.78, 5) is 42.6. The summed E-state index contributed by atoms with van der Waals surface area (Å²) in [6.07, 6.45) is 3.89. The zero-order valence-electron chi connectivity index (χ0n) is 35.1. The molecule has 0 spiro atoms. The molecule has 57 heavy (non-hydrogen) atoms. The number of anilines is 1. The molecule has 3 heterocycles. The number of rotatable bonds is 7. The fourth-order valence-corrected chi connectivity index (χ4v) is 7.85. The fraction of sp³-hybridized carbons (Fsp3) is 0.558. The Morgan fingerprint density at radius 2 is 1.60 bits per heavy atom. The first-order chi connectivity index (χ1) is 26.8. The Morgan fingerprint density at radius 3 is 2.18 bits per heavy atom. The van der Waals surface area contributed by atoms with Gasteiger partial charge in [-0.3, -0.25) is 19.3 Å². The van der Waals surface area contributed by atoms with Crippen LogP contribution in [0.1, 0.15) is 83.8 Å². The molecular formula is C43H60N2O12. The third-order valence-electron chi connectivity index (χ3n) is 11.6. The SMILES string of the molecule is CCN(CC)Cc1c2c(O)c3c(OC)c(C)c4c(c3c1O)C(=O)C(C)(O/C=C/C(OC)C(C)C(OC(C)=O)C(C)C(O)C(C)C(O)C(C)/C=C/C=C(C)C(=O)N2)O4. The monoisotopic (exact) mass is 796 g/mol. The van der Waals surface area contributed by atoms with Crippen molar-refractivity contribution in [3.63, 3.8) is 0 Å². The van der Waals surface area contributed by atoms with Gasteiger partial charge >= 0.3 is 11.8 Å². The molecule has 14 nitrogen and oxygen atoms in total. The minimum Gasteiger partial charge on any atom is -0.507 e. The number of carbonyl (C=O) groups is 3. The first-order valence-corrected chi connectivity index (χ1v) is 19.4. The maximum absolute atomic E-state index is 14.5. The van der Waals surface area contributed by atoms with Gasteiger partial charge in [-0.2, -0.15) is 0 Å². The molecular weight excluding hydrogens is 736 g/mol. The molecule has 1 amide bonds. The summed E-state index contributed by atoms with van der Waals surface area (Å²) in [6, 6.07) is 0. The molecule has 5 bridgehead atoms. The van der Waals surface area contributed by atoms with Crippen LogP contribution in [0.4, 0.5) is 5.69 Å². The second-order valence-corrected chi connectivity index (χ2v) is 15.3. The van der Waals surface area contributed by atoms with Crippen molar-refractivity contribution in [1.29, 1.82) is 0 Å². The van der Waals surface area contributed by atoms with Crippen LogP contribution >= 0.6 is 0 Å². The molecule has 9 atom stereocenters. The van der Waals surface area contributed by atoms with E-state index >= 15 is 0 Å². The van der Waals surface area contributed by atoms with E-state index in [2.05, 4.69) is 5.32 Å². The van der Waals surface area contributed by atoms with Crippen molar-refractivity contribution >= 4 is 34.1 Å². The van der Waals surface area contributed by atoms with Crippen molar-refractivity contribution < 1.29 is 58.5 Å². The zero-order valence-corrected chi connectivity index (χ0v) is 35.1. The highest BCUT2D eigenvalue weighted by Crippen LogP contribution is 2.55. The first kappa shape index (κ1) is 45.1. The maximum atomic E-state index is 14.5. The standard InChI is InChI=1S/C43H60N2O12/c1-13-45(14-2)20-28-33-37(50)31-30(36(28)49)32-40(26(8)39(31)54-12)57-43(10,41(32)51)55-19-18-29(53-11)23(5)38(56-27(9)46)25(7)35(48)24(6)34(47)21(3)16-15-17-22(4)42(52)44-33/h15-19,21,23-25,29,34-35,38,47-50H,13-14,20H2,1-12H3,(H,44,52)/b16-15+,19-18+,22-17?. The van der Waals surface area contributed by atoms with Gasteiger partial charge in [-0.05, 0) is 33.0 Å². The highest BCUT2D eigenvalue weighted by Gasteiger charge is 2.50. The van der Waals surface area contributed by atoms with Gasteiger partial charge in [0.1, 0.15) is 23.4 Å². The average Bonchev–Trinajstić information content (AvgIpc) is 3.44. The summed E-state index contributed by atoms with van der Waals surface area (Å²) in [5, 5.41) is 49.9. The van der Waals surface area contributed by atoms with E-state index in [4.69, 9.17) is 23.7 Å². The number of aromatic hydroxyl groups is 2. The van der Waals surface area contributed by atoms with Gasteiger partial charge in [-0.15, -0.1) is 0 Å². The predicted octanol–water partition coefficient (Wildman–Crippen LogP) is 5.90. The minimum atomic E-state index is -1.96. The van der Waals surface area contributed by atoms with E-state index in [1.807, 2.05) is 18.7 Å². The van der Waals surface area contributed by atoms with Crippen molar-refractivity contribution in [3.8, 4) is 23.0 Å². The number of aliphatic hydroxyl groups is 2. The lowest BCUT2D eigenvalue weighted by atomic mass is 9.78. The molecule has 0 fully saturated rings. The van der Waals surface area contributed by atoms with Crippen LogP contribution in [0.2, 0.25) is 0 Å². The topological polar surface area (TPSA) is 194 Å². The first-order valence-electron chi connectivity index (χ1n) is 19.4. The number of amides is 1. The Labute approximate surface area is 335 Å². The lowest BCUT2D eigenvalue weighted by molar-refractivity contribution is -0.160. The average molecular weight is 797 g/mol. The molecule has 0 aromatic heterocycles. The molecule has 0 saturated heterocycles. The lowest BCUT2D eigenvalue weighted by Crippen LogP contribution is -2.46. The van der Waals surface area contributed by atoms with Crippen molar-refractivity contribution in [2.75, 3.05) is 32.6 Å². The maximum Gasteiger partial charge on any atom is 0.312 e. The van der Waals surface area contributed by atoms with E-state index in [1.54, 1.807) is 59.8 Å². The number of hydrogen-bond acceptors (Lipinski definition) is 13. The van der Waals surface area contributed by atoms with E-state index in [0.29, 0.717) is 18.7 Å². The van der Waals surface area contributed by atoms with Gasteiger partial charge in [0, 0.05) is 73.3 Å². The fourth-order valence-electron chi connectivity index (χ4n) is 7.85. The van der Waals surface area contributed by atoms with Crippen molar-refractivity contribution in [1.82, 2.24) is 4.90 Å². The number of carbonyl (C=O) groups excluding carboxylic acids is 3. The number of phenolic OH excluding ortho intramolecular Hbond substituents is 2. The van der Waals surface area contributed by atoms with Crippen LogP contribution in [0, 0.1) is 30.6 Å². The second kappa shape index (κ2) is 18.3. The number of hydrogen-bond donors (Lipinski definition) is 5. The molecule has 5 rings (SSSR count). The summed E-state index contributed by atoms with van der Waals surface area (Å²) in [5.41, 5.74) is 0.653. The molecule has 5 N–H and O–H groups in total. The van der Waals surface area contributed by atoms with Crippen molar-refractivity contribution in [3.05, 3.63) is 52.8 Å². The van der Waals surface area contributed by atoms with E-state index in [0.717, 1.165) is 0 Å². The number of benzene rings is 2.